The fourth-order valence-corrected chi connectivity index (χ4v) is 1.80. The maximum atomic E-state index is 11.8. The number of hydrogen-bond acceptors (Lipinski definition) is 6. The van der Waals surface area contributed by atoms with Crippen molar-refractivity contribution < 1.29 is 19.2 Å². The summed E-state index contributed by atoms with van der Waals surface area (Å²) in [5.41, 5.74) is 0.634. The van der Waals surface area contributed by atoms with Gasteiger partial charge in [0.25, 0.3) is 5.91 Å². The van der Waals surface area contributed by atoms with Gasteiger partial charge in [-0.3, -0.25) is 14.9 Å². The van der Waals surface area contributed by atoms with Gasteiger partial charge in [-0.15, -0.1) is 0 Å². The van der Waals surface area contributed by atoms with Crippen LogP contribution in [0.4, 0.5) is 5.69 Å². The van der Waals surface area contributed by atoms with Crippen LogP contribution in [-0.2, 0) is 11.3 Å². The molecule has 1 N–H and O–H groups in total. The van der Waals surface area contributed by atoms with Crippen molar-refractivity contribution in [3.05, 3.63) is 58.3 Å². The van der Waals surface area contributed by atoms with Gasteiger partial charge in [-0.1, -0.05) is 12.1 Å². The van der Waals surface area contributed by atoms with Crippen LogP contribution in [0.3, 0.4) is 0 Å². The minimum Gasteiger partial charge on any atom is -0.481 e. The second kappa shape index (κ2) is 7.74. The summed E-state index contributed by atoms with van der Waals surface area (Å²) < 4.78 is 10.2. The Labute approximate surface area is 132 Å². The number of benzene rings is 1. The molecule has 0 spiro atoms. The van der Waals surface area contributed by atoms with Gasteiger partial charge in [0.1, 0.15) is 0 Å². The van der Waals surface area contributed by atoms with E-state index in [1.807, 2.05) is 0 Å². The summed E-state index contributed by atoms with van der Waals surface area (Å²) in [5.74, 6) is 0.116. The summed E-state index contributed by atoms with van der Waals surface area (Å²) >= 11 is 0. The Morgan fingerprint density at radius 2 is 2.13 bits per heavy atom. The molecule has 1 amide bonds. The van der Waals surface area contributed by atoms with Gasteiger partial charge < -0.3 is 14.8 Å². The van der Waals surface area contributed by atoms with E-state index >= 15 is 0 Å². The minimum absolute atomic E-state index is 0.0539. The Kier molecular flexibility index (Phi) is 5.45. The molecule has 1 aromatic carbocycles. The van der Waals surface area contributed by atoms with Crippen LogP contribution in [-0.4, -0.2) is 29.5 Å². The number of amides is 1. The van der Waals surface area contributed by atoms with E-state index in [1.165, 1.54) is 25.3 Å². The van der Waals surface area contributed by atoms with Gasteiger partial charge in [0.15, 0.2) is 12.4 Å². The fraction of sp³-hybridized carbons (Fsp3) is 0.200. The molecule has 0 radical (unpaired) electrons. The molecule has 0 unspecified atom stereocenters. The zero-order valence-electron chi connectivity index (χ0n) is 12.4. The lowest BCUT2D eigenvalue weighted by molar-refractivity contribution is -0.385. The van der Waals surface area contributed by atoms with E-state index in [2.05, 4.69) is 10.3 Å². The minimum atomic E-state index is -0.559. The van der Waals surface area contributed by atoms with E-state index in [9.17, 15) is 14.9 Å². The molecule has 8 heteroatoms. The highest BCUT2D eigenvalue weighted by atomic mass is 16.6. The van der Waals surface area contributed by atoms with Gasteiger partial charge in [0.2, 0.25) is 5.88 Å². The average molecular weight is 317 g/mol. The number of rotatable bonds is 7. The van der Waals surface area contributed by atoms with Crippen molar-refractivity contribution in [1.82, 2.24) is 10.3 Å². The van der Waals surface area contributed by atoms with Crippen molar-refractivity contribution >= 4 is 11.6 Å². The van der Waals surface area contributed by atoms with Crippen LogP contribution in [0.2, 0.25) is 0 Å². The average Bonchev–Trinajstić information content (AvgIpc) is 2.58. The van der Waals surface area contributed by atoms with Crippen molar-refractivity contribution in [2.75, 3.05) is 13.7 Å². The highest BCUT2D eigenvalue weighted by molar-refractivity contribution is 5.77. The molecule has 120 valence electrons. The number of methoxy groups -OCH3 is 1. The smallest absolute Gasteiger partial charge is 0.310 e. The molecule has 8 nitrogen and oxygen atoms in total. The second-order valence-electron chi connectivity index (χ2n) is 4.50. The van der Waals surface area contributed by atoms with Crippen molar-refractivity contribution in [2.45, 2.75) is 6.54 Å². The Balaban J connectivity index is 1.87. The first-order chi connectivity index (χ1) is 11.1. The fourth-order valence-electron chi connectivity index (χ4n) is 1.80. The summed E-state index contributed by atoms with van der Waals surface area (Å²) in [4.78, 5) is 26.0. The third-order valence-electron chi connectivity index (χ3n) is 2.92. The maximum Gasteiger partial charge on any atom is 0.310 e. The number of nitrogens with one attached hydrogen (secondary N) is 1. The lowest BCUT2D eigenvalue weighted by Crippen LogP contribution is -2.28. The summed E-state index contributed by atoms with van der Waals surface area (Å²) in [7, 11) is 1.51. The zero-order valence-corrected chi connectivity index (χ0v) is 12.4. The summed E-state index contributed by atoms with van der Waals surface area (Å²) in [5, 5.41) is 13.5. The van der Waals surface area contributed by atoms with Gasteiger partial charge in [0, 0.05) is 24.9 Å². The number of carbonyl (C=O) groups is 1. The van der Waals surface area contributed by atoms with Crippen molar-refractivity contribution in [1.29, 1.82) is 0 Å². The number of para-hydroxylation sites is 2. The summed E-state index contributed by atoms with van der Waals surface area (Å²) in [6.45, 7) is -0.0367. The number of ether oxygens (including phenoxy) is 2. The monoisotopic (exact) mass is 317 g/mol. The molecule has 0 aliphatic rings. The SMILES string of the molecule is COc1cc(CNC(=O)COc2ccccc2[N+](=O)[O-])ccn1. The highest BCUT2D eigenvalue weighted by Gasteiger charge is 2.14. The van der Waals surface area contributed by atoms with Crippen LogP contribution >= 0.6 is 0 Å². The number of hydrogen-bond donors (Lipinski definition) is 1. The zero-order chi connectivity index (χ0) is 16.7. The number of nitro groups is 1. The second-order valence-corrected chi connectivity index (χ2v) is 4.50. The molecule has 2 rings (SSSR count). The molecule has 0 atom stereocenters. The van der Waals surface area contributed by atoms with Gasteiger partial charge in [-0.2, -0.15) is 0 Å². The lowest BCUT2D eigenvalue weighted by atomic mass is 10.2. The highest BCUT2D eigenvalue weighted by Crippen LogP contribution is 2.25. The van der Waals surface area contributed by atoms with Crippen molar-refractivity contribution in [3.63, 3.8) is 0 Å². The number of nitro benzene ring substituents is 1. The summed E-state index contributed by atoms with van der Waals surface area (Å²) in [6, 6.07) is 9.33. The molecule has 1 heterocycles. The predicted molar refractivity (Wildman–Crippen MR) is 81.2 cm³/mol. The third-order valence-corrected chi connectivity index (χ3v) is 2.92. The van der Waals surface area contributed by atoms with Crippen LogP contribution in [0.15, 0.2) is 42.6 Å². The van der Waals surface area contributed by atoms with Crippen molar-refractivity contribution in [2.24, 2.45) is 0 Å². The van der Waals surface area contributed by atoms with Gasteiger partial charge in [-0.25, -0.2) is 4.98 Å². The van der Waals surface area contributed by atoms with Crippen LogP contribution in [0.1, 0.15) is 5.56 Å². The topological polar surface area (TPSA) is 104 Å². The van der Waals surface area contributed by atoms with Gasteiger partial charge in [0.05, 0.1) is 12.0 Å². The normalized spacial score (nSPS) is 9.96. The molecule has 0 saturated carbocycles. The molecule has 0 saturated heterocycles. The number of nitrogens with zero attached hydrogens (tertiary/aromatic N) is 2. The van der Waals surface area contributed by atoms with Crippen LogP contribution in [0.25, 0.3) is 0 Å². The van der Waals surface area contributed by atoms with E-state index in [-0.39, 0.29) is 30.5 Å². The van der Waals surface area contributed by atoms with Crippen LogP contribution < -0.4 is 14.8 Å². The van der Waals surface area contributed by atoms with Crippen LogP contribution in [0, 0.1) is 10.1 Å². The molecule has 0 aliphatic heterocycles. The molecule has 0 bridgehead atoms. The number of aromatic nitrogens is 1. The largest absolute Gasteiger partial charge is 0.481 e. The quantitative estimate of drug-likeness (QED) is 0.615. The first-order valence-electron chi connectivity index (χ1n) is 6.72. The molecular formula is C15H15N3O5. The molecule has 1 aromatic heterocycles. The van der Waals surface area contributed by atoms with Gasteiger partial charge >= 0.3 is 5.69 Å². The number of pyridine rings is 1. The van der Waals surface area contributed by atoms with Gasteiger partial charge in [-0.05, 0) is 17.7 Å². The number of carbonyl (C=O) groups excluding carboxylic acids is 1. The Morgan fingerprint density at radius 1 is 1.35 bits per heavy atom. The van der Waals surface area contributed by atoms with Crippen molar-refractivity contribution in [3.8, 4) is 11.6 Å². The van der Waals surface area contributed by atoms with E-state index < -0.39 is 4.92 Å². The molecule has 0 aliphatic carbocycles. The summed E-state index contributed by atoms with van der Waals surface area (Å²) in [6.07, 6.45) is 1.57. The lowest BCUT2D eigenvalue weighted by Gasteiger charge is -2.08. The molecule has 23 heavy (non-hydrogen) atoms. The standard InChI is InChI=1S/C15H15N3O5/c1-22-15-8-11(6-7-16-15)9-17-14(19)10-23-13-5-3-2-4-12(13)18(20)21/h2-8H,9-10H2,1H3,(H,17,19). The van der Waals surface area contributed by atoms with Crippen LogP contribution in [0.5, 0.6) is 11.6 Å². The van der Waals surface area contributed by atoms with E-state index in [4.69, 9.17) is 9.47 Å². The Morgan fingerprint density at radius 3 is 2.87 bits per heavy atom. The molecular weight excluding hydrogens is 302 g/mol. The predicted octanol–water partition coefficient (Wildman–Crippen LogP) is 1.69. The maximum absolute atomic E-state index is 11.8. The van der Waals surface area contributed by atoms with E-state index in [1.54, 1.807) is 24.4 Å². The first-order valence-corrected chi connectivity index (χ1v) is 6.72. The molecule has 2 aromatic rings. The Hall–Kier alpha value is -3.16. The Bertz CT molecular complexity index is 705. The van der Waals surface area contributed by atoms with E-state index in [0.717, 1.165) is 5.56 Å². The third kappa shape index (κ3) is 4.67. The van der Waals surface area contributed by atoms with E-state index in [0.29, 0.717) is 5.88 Å². The first kappa shape index (κ1) is 16.2. The molecule has 0 fully saturated rings.